The van der Waals surface area contributed by atoms with Gasteiger partial charge in [0.15, 0.2) is 0 Å². The molecule has 0 spiro atoms. The summed E-state index contributed by atoms with van der Waals surface area (Å²) in [4.78, 5) is 17.7. The highest BCUT2D eigenvalue weighted by molar-refractivity contribution is 7.12. The SMILES string of the molecule is O=C(c1cccs1)N1CCC(CN2CCOCC2)CC1. The first-order valence-electron chi connectivity index (χ1n) is 7.46. The molecule has 0 radical (unpaired) electrons. The molecule has 2 aliphatic rings. The van der Waals surface area contributed by atoms with E-state index in [0.717, 1.165) is 63.0 Å². The lowest BCUT2D eigenvalue weighted by molar-refractivity contribution is 0.0243. The maximum Gasteiger partial charge on any atom is 0.263 e. The quantitative estimate of drug-likeness (QED) is 0.854. The number of rotatable bonds is 3. The van der Waals surface area contributed by atoms with Gasteiger partial charge >= 0.3 is 0 Å². The number of piperidine rings is 1. The minimum Gasteiger partial charge on any atom is -0.379 e. The molecule has 110 valence electrons. The Kier molecular flexibility index (Phi) is 4.70. The van der Waals surface area contributed by atoms with Gasteiger partial charge in [-0.15, -0.1) is 11.3 Å². The van der Waals surface area contributed by atoms with Gasteiger partial charge in [0.05, 0.1) is 18.1 Å². The lowest BCUT2D eigenvalue weighted by Crippen LogP contribution is -2.44. The second-order valence-corrected chi connectivity index (χ2v) is 6.57. The van der Waals surface area contributed by atoms with Gasteiger partial charge in [0.25, 0.3) is 5.91 Å². The van der Waals surface area contributed by atoms with Crippen molar-refractivity contribution in [2.75, 3.05) is 45.9 Å². The zero-order valence-corrected chi connectivity index (χ0v) is 12.6. The largest absolute Gasteiger partial charge is 0.379 e. The Morgan fingerprint density at radius 3 is 2.65 bits per heavy atom. The molecule has 2 fully saturated rings. The Morgan fingerprint density at radius 1 is 1.25 bits per heavy atom. The lowest BCUT2D eigenvalue weighted by atomic mass is 9.96. The molecule has 0 aliphatic carbocycles. The van der Waals surface area contributed by atoms with Crippen LogP contribution in [0.3, 0.4) is 0 Å². The standard InChI is InChI=1S/C15H22N2O2S/c18-15(14-2-1-11-20-14)17-5-3-13(4-6-17)12-16-7-9-19-10-8-16/h1-2,11,13H,3-10,12H2. The second-order valence-electron chi connectivity index (χ2n) is 5.63. The van der Waals surface area contributed by atoms with Gasteiger partial charge in [-0.1, -0.05) is 6.07 Å². The number of morpholine rings is 1. The van der Waals surface area contributed by atoms with Crippen LogP contribution < -0.4 is 0 Å². The van der Waals surface area contributed by atoms with Crippen LogP contribution in [0.2, 0.25) is 0 Å². The summed E-state index contributed by atoms with van der Waals surface area (Å²) < 4.78 is 5.39. The number of carbonyl (C=O) groups excluding carboxylic acids is 1. The van der Waals surface area contributed by atoms with E-state index in [1.165, 1.54) is 6.54 Å². The molecule has 2 saturated heterocycles. The smallest absolute Gasteiger partial charge is 0.263 e. The van der Waals surface area contributed by atoms with Gasteiger partial charge in [-0.05, 0) is 30.2 Å². The van der Waals surface area contributed by atoms with E-state index < -0.39 is 0 Å². The number of hydrogen-bond donors (Lipinski definition) is 0. The van der Waals surface area contributed by atoms with E-state index in [1.807, 2.05) is 22.4 Å². The Morgan fingerprint density at radius 2 is 2.00 bits per heavy atom. The average molecular weight is 294 g/mol. The predicted octanol–water partition coefficient (Wildman–Crippen LogP) is 1.93. The Balaban J connectivity index is 1.45. The van der Waals surface area contributed by atoms with Crippen LogP contribution >= 0.6 is 11.3 Å². The molecule has 0 aromatic carbocycles. The molecule has 1 aromatic heterocycles. The van der Waals surface area contributed by atoms with Crippen molar-refractivity contribution in [3.05, 3.63) is 22.4 Å². The van der Waals surface area contributed by atoms with Gasteiger partial charge in [0.2, 0.25) is 0 Å². The summed E-state index contributed by atoms with van der Waals surface area (Å²) >= 11 is 1.54. The molecule has 0 saturated carbocycles. The van der Waals surface area contributed by atoms with Crippen molar-refractivity contribution in [3.63, 3.8) is 0 Å². The summed E-state index contributed by atoms with van der Waals surface area (Å²) in [6.45, 7) is 6.86. The number of nitrogens with zero attached hydrogens (tertiary/aromatic N) is 2. The van der Waals surface area contributed by atoms with E-state index in [-0.39, 0.29) is 5.91 Å². The molecule has 1 aromatic rings. The Labute approximate surface area is 124 Å². The first-order valence-corrected chi connectivity index (χ1v) is 8.34. The van der Waals surface area contributed by atoms with Crippen molar-refractivity contribution in [1.82, 2.24) is 9.80 Å². The monoisotopic (exact) mass is 294 g/mol. The number of amides is 1. The summed E-state index contributed by atoms with van der Waals surface area (Å²) in [6, 6.07) is 3.87. The first kappa shape index (κ1) is 14.0. The summed E-state index contributed by atoms with van der Waals surface area (Å²) in [5.74, 6) is 0.949. The maximum absolute atomic E-state index is 12.3. The van der Waals surface area contributed by atoms with Crippen molar-refractivity contribution in [2.24, 2.45) is 5.92 Å². The Hall–Kier alpha value is -0.910. The molecule has 0 atom stereocenters. The lowest BCUT2D eigenvalue weighted by Gasteiger charge is -2.35. The third kappa shape index (κ3) is 3.40. The van der Waals surface area contributed by atoms with Gasteiger partial charge < -0.3 is 9.64 Å². The average Bonchev–Trinajstić information content (AvgIpc) is 3.03. The molecule has 0 N–H and O–H groups in total. The zero-order chi connectivity index (χ0) is 13.8. The van der Waals surface area contributed by atoms with Crippen LogP contribution in [0.15, 0.2) is 17.5 Å². The normalized spacial score (nSPS) is 22.1. The van der Waals surface area contributed by atoms with E-state index in [4.69, 9.17) is 4.74 Å². The topological polar surface area (TPSA) is 32.8 Å². The molecular formula is C15H22N2O2S. The summed E-state index contributed by atoms with van der Waals surface area (Å²) in [6.07, 6.45) is 2.27. The van der Waals surface area contributed by atoms with Crippen molar-refractivity contribution in [1.29, 1.82) is 0 Å². The van der Waals surface area contributed by atoms with Crippen molar-refractivity contribution >= 4 is 17.2 Å². The Bertz CT molecular complexity index is 421. The number of carbonyl (C=O) groups is 1. The molecule has 5 heteroatoms. The molecule has 3 rings (SSSR count). The predicted molar refractivity (Wildman–Crippen MR) is 80.2 cm³/mol. The summed E-state index contributed by atoms with van der Waals surface area (Å²) in [5.41, 5.74) is 0. The molecule has 1 amide bonds. The van der Waals surface area contributed by atoms with Gasteiger partial charge in [0.1, 0.15) is 0 Å². The molecule has 4 nitrogen and oxygen atoms in total. The van der Waals surface area contributed by atoms with Crippen LogP contribution in [0.4, 0.5) is 0 Å². The molecule has 0 unspecified atom stereocenters. The highest BCUT2D eigenvalue weighted by atomic mass is 32.1. The van der Waals surface area contributed by atoms with Crippen LogP contribution in [0.25, 0.3) is 0 Å². The van der Waals surface area contributed by atoms with Crippen LogP contribution in [0.1, 0.15) is 22.5 Å². The highest BCUT2D eigenvalue weighted by Gasteiger charge is 2.25. The first-order chi connectivity index (χ1) is 9.83. The minimum atomic E-state index is 0.213. The molecular weight excluding hydrogens is 272 g/mol. The molecule has 20 heavy (non-hydrogen) atoms. The van der Waals surface area contributed by atoms with E-state index in [0.29, 0.717) is 0 Å². The van der Waals surface area contributed by atoms with E-state index in [1.54, 1.807) is 11.3 Å². The fourth-order valence-corrected chi connectivity index (χ4v) is 3.71. The summed E-state index contributed by atoms with van der Waals surface area (Å²) in [7, 11) is 0. The maximum atomic E-state index is 12.3. The summed E-state index contributed by atoms with van der Waals surface area (Å²) in [5, 5.41) is 1.97. The zero-order valence-electron chi connectivity index (χ0n) is 11.8. The fourth-order valence-electron chi connectivity index (χ4n) is 3.02. The van der Waals surface area contributed by atoms with Gasteiger partial charge in [-0.2, -0.15) is 0 Å². The van der Waals surface area contributed by atoms with E-state index >= 15 is 0 Å². The third-order valence-corrected chi connectivity index (χ3v) is 5.11. The molecule has 3 heterocycles. The van der Waals surface area contributed by atoms with Gasteiger partial charge in [-0.25, -0.2) is 0 Å². The van der Waals surface area contributed by atoms with Crippen LogP contribution in [-0.2, 0) is 4.74 Å². The highest BCUT2D eigenvalue weighted by Crippen LogP contribution is 2.21. The van der Waals surface area contributed by atoms with Crippen LogP contribution in [0, 0.1) is 5.92 Å². The minimum absolute atomic E-state index is 0.213. The van der Waals surface area contributed by atoms with E-state index in [2.05, 4.69) is 4.90 Å². The number of thiophene rings is 1. The molecule has 2 aliphatic heterocycles. The fraction of sp³-hybridized carbons (Fsp3) is 0.667. The van der Waals surface area contributed by atoms with Crippen molar-refractivity contribution in [3.8, 4) is 0 Å². The second kappa shape index (κ2) is 6.70. The number of hydrogen-bond acceptors (Lipinski definition) is 4. The van der Waals surface area contributed by atoms with Gasteiger partial charge in [-0.3, -0.25) is 9.69 Å². The van der Waals surface area contributed by atoms with E-state index in [9.17, 15) is 4.79 Å². The van der Waals surface area contributed by atoms with Crippen LogP contribution in [-0.4, -0.2) is 61.6 Å². The third-order valence-electron chi connectivity index (χ3n) is 4.25. The number of likely N-dealkylation sites (tertiary alicyclic amines) is 1. The van der Waals surface area contributed by atoms with Gasteiger partial charge in [0, 0.05) is 32.7 Å². The van der Waals surface area contributed by atoms with Crippen molar-refractivity contribution in [2.45, 2.75) is 12.8 Å². The van der Waals surface area contributed by atoms with Crippen molar-refractivity contribution < 1.29 is 9.53 Å². The number of ether oxygens (including phenoxy) is 1. The van der Waals surface area contributed by atoms with Crippen LogP contribution in [0.5, 0.6) is 0 Å². The molecule has 0 bridgehead atoms.